The molecule has 0 unspecified atom stereocenters. The van der Waals surface area contributed by atoms with Crippen LogP contribution in [0.25, 0.3) is 0 Å². The van der Waals surface area contributed by atoms with E-state index in [1.165, 1.54) is 7.11 Å². The minimum absolute atomic E-state index is 0.0895. The Morgan fingerprint density at radius 3 is 1.94 bits per heavy atom. The van der Waals surface area contributed by atoms with Gasteiger partial charge in [0.2, 0.25) is 0 Å². The van der Waals surface area contributed by atoms with Gasteiger partial charge in [0.25, 0.3) is 0 Å². The molecule has 0 aromatic carbocycles. The van der Waals surface area contributed by atoms with Crippen molar-refractivity contribution in [3.63, 3.8) is 0 Å². The third-order valence-corrected chi connectivity index (χ3v) is 8.14. The fraction of sp³-hybridized carbons (Fsp3) is 0.917. The Kier molecular flexibility index (Phi) is 5.20. The number of rotatable bonds is 4. The Balaban J connectivity index is 4.56. The molecule has 2 atom stereocenters. The number of carbonyl (C=O) groups is 1. The summed E-state index contributed by atoms with van der Waals surface area (Å²) in [7, 11) is -0.383. The average Bonchev–Trinajstić information content (AvgIpc) is 2.12. The number of carbonyl (C=O) groups excluding carboxylic acids is 1. The van der Waals surface area contributed by atoms with Crippen LogP contribution in [0.5, 0.6) is 0 Å². The second-order valence-electron chi connectivity index (χ2n) is 5.90. The molecule has 0 bridgehead atoms. The lowest BCUT2D eigenvalue weighted by Crippen LogP contribution is -2.45. The molecule has 0 spiro atoms. The summed E-state index contributed by atoms with van der Waals surface area (Å²) in [6, 6.07) is 0. The smallest absolute Gasteiger partial charge is 0.310 e. The fourth-order valence-corrected chi connectivity index (χ4v) is 2.61. The van der Waals surface area contributed by atoms with Crippen LogP contribution in [0, 0.1) is 5.92 Å². The Morgan fingerprint density at radius 1 is 1.19 bits per heavy atom. The molecular weight excluding hydrogens is 220 g/mol. The van der Waals surface area contributed by atoms with Crippen LogP contribution >= 0.6 is 0 Å². The monoisotopic (exact) mass is 246 g/mol. The molecule has 96 valence electrons. The molecule has 0 aromatic heterocycles. The molecule has 0 aliphatic rings. The number of hydrogen-bond acceptors (Lipinski definition) is 3. The van der Waals surface area contributed by atoms with E-state index in [1.807, 2.05) is 13.8 Å². The largest absolute Gasteiger partial charge is 0.469 e. The van der Waals surface area contributed by atoms with Gasteiger partial charge in [-0.15, -0.1) is 0 Å². The molecule has 4 heteroatoms. The molecule has 0 aliphatic heterocycles. The molecule has 0 fully saturated rings. The lowest BCUT2D eigenvalue weighted by Gasteiger charge is -2.39. The Hall–Kier alpha value is -0.353. The van der Waals surface area contributed by atoms with Crippen molar-refractivity contribution in [2.45, 2.75) is 58.9 Å². The number of esters is 1. The standard InChI is InChI=1S/C12H26O3Si/c1-9(11(13)14-6)10(2)15-16(7,8)12(3,4)5/h9-10H,1-8H3/t9-,10+/m1/s1. The van der Waals surface area contributed by atoms with E-state index < -0.39 is 8.32 Å². The van der Waals surface area contributed by atoms with Crippen molar-refractivity contribution in [2.75, 3.05) is 7.11 Å². The molecule has 0 radical (unpaired) electrons. The second kappa shape index (κ2) is 5.32. The first-order valence-corrected chi connectivity index (χ1v) is 8.69. The first-order chi connectivity index (χ1) is 7.03. The number of ether oxygens (including phenoxy) is 1. The van der Waals surface area contributed by atoms with E-state index in [4.69, 9.17) is 9.16 Å². The first-order valence-electron chi connectivity index (χ1n) is 5.78. The summed E-state index contributed by atoms with van der Waals surface area (Å²) in [6.07, 6.45) is -0.0895. The lowest BCUT2D eigenvalue weighted by atomic mass is 10.1. The molecule has 0 rings (SSSR count). The van der Waals surface area contributed by atoms with E-state index >= 15 is 0 Å². The molecule has 16 heavy (non-hydrogen) atoms. The normalized spacial score (nSPS) is 16.8. The lowest BCUT2D eigenvalue weighted by molar-refractivity contribution is -0.147. The minimum Gasteiger partial charge on any atom is -0.469 e. The van der Waals surface area contributed by atoms with Crippen molar-refractivity contribution in [1.82, 2.24) is 0 Å². The van der Waals surface area contributed by atoms with Crippen molar-refractivity contribution in [3.05, 3.63) is 0 Å². The van der Waals surface area contributed by atoms with Gasteiger partial charge in [-0.05, 0) is 32.0 Å². The van der Waals surface area contributed by atoms with Gasteiger partial charge < -0.3 is 9.16 Å². The van der Waals surface area contributed by atoms with Crippen LogP contribution in [-0.4, -0.2) is 27.5 Å². The maximum absolute atomic E-state index is 11.4. The Morgan fingerprint density at radius 2 is 1.62 bits per heavy atom. The van der Waals surface area contributed by atoms with Crippen LogP contribution in [0.1, 0.15) is 34.6 Å². The number of methoxy groups -OCH3 is 1. The van der Waals surface area contributed by atoms with Crippen molar-refractivity contribution in [1.29, 1.82) is 0 Å². The highest BCUT2D eigenvalue weighted by Gasteiger charge is 2.40. The van der Waals surface area contributed by atoms with Gasteiger partial charge in [-0.2, -0.15) is 0 Å². The van der Waals surface area contributed by atoms with Crippen LogP contribution in [0.3, 0.4) is 0 Å². The molecule has 0 saturated heterocycles. The third kappa shape index (κ3) is 3.90. The van der Waals surface area contributed by atoms with E-state index in [-0.39, 0.29) is 23.0 Å². The zero-order valence-electron chi connectivity index (χ0n) is 11.9. The zero-order valence-corrected chi connectivity index (χ0v) is 12.9. The molecule has 3 nitrogen and oxygen atoms in total. The van der Waals surface area contributed by atoms with Gasteiger partial charge in [-0.25, -0.2) is 0 Å². The molecular formula is C12H26O3Si. The second-order valence-corrected chi connectivity index (χ2v) is 10.7. The van der Waals surface area contributed by atoms with E-state index in [0.29, 0.717) is 0 Å². The summed E-state index contributed by atoms with van der Waals surface area (Å²) in [5.41, 5.74) is 0. The van der Waals surface area contributed by atoms with Crippen LogP contribution in [0.15, 0.2) is 0 Å². The highest BCUT2D eigenvalue weighted by Crippen LogP contribution is 2.38. The topological polar surface area (TPSA) is 35.5 Å². The Labute approximate surface area is 101 Å². The summed E-state index contributed by atoms with van der Waals surface area (Å²) in [5.74, 6) is -0.412. The van der Waals surface area contributed by atoms with Crippen LogP contribution < -0.4 is 0 Å². The van der Waals surface area contributed by atoms with Crippen molar-refractivity contribution < 1.29 is 14.0 Å². The van der Waals surface area contributed by atoms with Gasteiger partial charge >= 0.3 is 5.97 Å². The molecule has 0 amide bonds. The van der Waals surface area contributed by atoms with E-state index in [1.54, 1.807) is 0 Å². The first kappa shape index (κ1) is 15.6. The predicted octanol–water partition coefficient (Wildman–Crippen LogP) is 3.21. The fourth-order valence-electron chi connectivity index (χ4n) is 1.12. The van der Waals surface area contributed by atoms with Crippen LogP contribution in [-0.2, 0) is 14.0 Å². The summed E-state index contributed by atoms with van der Waals surface area (Å²) < 4.78 is 10.9. The van der Waals surface area contributed by atoms with Gasteiger partial charge in [-0.3, -0.25) is 4.79 Å². The van der Waals surface area contributed by atoms with Gasteiger partial charge in [0, 0.05) is 0 Å². The van der Waals surface area contributed by atoms with E-state index in [9.17, 15) is 4.79 Å². The van der Waals surface area contributed by atoms with Crippen LogP contribution in [0.2, 0.25) is 18.1 Å². The van der Waals surface area contributed by atoms with Crippen molar-refractivity contribution in [2.24, 2.45) is 5.92 Å². The minimum atomic E-state index is -1.80. The maximum atomic E-state index is 11.4. The SMILES string of the molecule is COC(=O)[C@H](C)[C@H](C)O[Si](C)(C)C(C)(C)C. The number of hydrogen-bond donors (Lipinski definition) is 0. The van der Waals surface area contributed by atoms with Crippen molar-refractivity contribution in [3.8, 4) is 0 Å². The predicted molar refractivity (Wildman–Crippen MR) is 68.9 cm³/mol. The third-order valence-electron chi connectivity index (χ3n) is 3.56. The summed E-state index contributed by atoms with van der Waals surface area (Å²) in [5, 5.41) is 0.164. The van der Waals surface area contributed by atoms with Gasteiger partial charge in [-0.1, -0.05) is 20.8 Å². The highest BCUT2D eigenvalue weighted by atomic mass is 28.4. The van der Waals surface area contributed by atoms with Gasteiger partial charge in [0.15, 0.2) is 8.32 Å². The molecule has 0 heterocycles. The molecule has 0 saturated carbocycles. The zero-order chi connectivity index (χ0) is 13.1. The molecule has 0 N–H and O–H groups in total. The van der Waals surface area contributed by atoms with Gasteiger partial charge in [0.1, 0.15) is 0 Å². The Bertz CT molecular complexity index is 243. The van der Waals surface area contributed by atoms with Crippen LogP contribution in [0.4, 0.5) is 0 Å². The summed E-state index contributed by atoms with van der Waals surface area (Å²) >= 11 is 0. The van der Waals surface area contributed by atoms with Gasteiger partial charge in [0.05, 0.1) is 19.1 Å². The molecule has 0 aliphatic carbocycles. The summed E-state index contributed by atoms with van der Waals surface area (Å²) in [6.45, 7) is 14.7. The van der Waals surface area contributed by atoms with E-state index in [0.717, 1.165) is 0 Å². The quantitative estimate of drug-likeness (QED) is 0.564. The highest BCUT2D eigenvalue weighted by molar-refractivity contribution is 6.74. The maximum Gasteiger partial charge on any atom is 0.310 e. The van der Waals surface area contributed by atoms with E-state index in [2.05, 4.69) is 33.9 Å². The summed E-state index contributed by atoms with van der Waals surface area (Å²) in [4.78, 5) is 11.4. The average molecular weight is 246 g/mol. The van der Waals surface area contributed by atoms with Crippen molar-refractivity contribution >= 4 is 14.3 Å². The molecule has 0 aromatic rings.